The van der Waals surface area contributed by atoms with Crippen LogP contribution in [0.15, 0.2) is 10.7 Å². The van der Waals surface area contributed by atoms with Crippen LogP contribution in [-0.4, -0.2) is 17.6 Å². The van der Waals surface area contributed by atoms with Crippen LogP contribution < -0.4 is 0 Å². The summed E-state index contributed by atoms with van der Waals surface area (Å²) in [4.78, 5) is 15.4. The standard InChI is InChI=1S/C11H11Br2F2NO2/c1-2-18-9(17)3-8-6(4-12)10(11(14)15)7(13)5-16-8/h5,11H,2-4H2,1H3. The molecule has 1 aromatic rings. The molecule has 0 aliphatic rings. The van der Waals surface area contributed by atoms with Gasteiger partial charge in [0.15, 0.2) is 0 Å². The number of alkyl halides is 3. The van der Waals surface area contributed by atoms with Crippen LogP contribution in [0.25, 0.3) is 0 Å². The summed E-state index contributed by atoms with van der Waals surface area (Å²) in [5.41, 5.74) is 0.498. The molecule has 0 aromatic carbocycles. The van der Waals surface area contributed by atoms with Crippen LogP contribution in [0.2, 0.25) is 0 Å². The smallest absolute Gasteiger partial charge is 0.311 e. The number of aromatic nitrogens is 1. The Balaban J connectivity index is 3.13. The summed E-state index contributed by atoms with van der Waals surface area (Å²) >= 11 is 6.18. The van der Waals surface area contributed by atoms with E-state index in [9.17, 15) is 13.6 Å². The van der Waals surface area contributed by atoms with Crippen molar-refractivity contribution in [1.82, 2.24) is 4.98 Å². The fourth-order valence-electron chi connectivity index (χ4n) is 1.47. The topological polar surface area (TPSA) is 39.2 Å². The molecule has 3 nitrogen and oxygen atoms in total. The van der Waals surface area contributed by atoms with E-state index in [1.54, 1.807) is 6.92 Å². The van der Waals surface area contributed by atoms with Gasteiger partial charge in [-0.25, -0.2) is 8.78 Å². The molecule has 18 heavy (non-hydrogen) atoms. The lowest BCUT2D eigenvalue weighted by Crippen LogP contribution is -2.12. The quantitative estimate of drug-likeness (QED) is 0.571. The monoisotopic (exact) mass is 385 g/mol. The number of nitrogens with zero attached hydrogens (tertiary/aromatic N) is 1. The molecule has 0 bridgehead atoms. The zero-order chi connectivity index (χ0) is 13.7. The Kier molecular flexibility index (Phi) is 6.14. The normalized spacial score (nSPS) is 10.8. The van der Waals surface area contributed by atoms with Gasteiger partial charge in [0, 0.05) is 21.6 Å². The van der Waals surface area contributed by atoms with Crippen molar-refractivity contribution in [3.05, 3.63) is 27.5 Å². The highest BCUT2D eigenvalue weighted by molar-refractivity contribution is 9.10. The maximum Gasteiger partial charge on any atom is 0.311 e. The minimum absolute atomic E-state index is 0.109. The minimum Gasteiger partial charge on any atom is -0.466 e. The Morgan fingerprint density at radius 1 is 1.56 bits per heavy atom. The van der Waals surface area contributed by atoms with Crippen LogP contribution in [-0.2, 0) is 21.3 Å². The van der Waals surface area contributed by atoms with E-state index in [0.717, 1.165) is 0 Å². The minimum atomic E-state index is -2.63. The molecule has 100 valence electrons. The third-order valence-corrected chi connectivity index (χ3v) is 3.43. The summed E-state index contributed by atoms with van der Waals surface area (Å²) in [7, 11) is 0. The highest BCUT2D eigenvalue weighted by Gasteiger charge is 2.21. The van der Waals surface area contributed by atoms with Crippen molar-refractivity contribution in [2.45, 2.75) is 25.1 Å². The molecule has 0 aliphatic heterocycles. The number of pyridine rings is 1. The molecule has 0 spiro atoms. The Bertz CT molecular complexity index is 441. The molecule has 0 saturated carbocycles. The average molecular weight is 387 g/mol. The van der Waals surface area contributed by atoms with Crippen LogP contribution >= 0.6 is 31.9 Å². The largest absolute Gasteiger partial charge is 0.466 e. The zero-order valence-electron chi connectivity index (χ0n) is 9.55. The van der Waals surface area contributed by atoms with E-state index in [1.165, 1.54) is 6.20 Å². The number of carbonyl (C=O) groups excluding carboxylic acids is 1. The first-order chi connectivity index (χ1) is 8.51. The van der Waals surface area contributed by atoms with Crippen molar-refractivity contribution >= 4 is 37.8 Å². The molecule has 0 amide bonds. The molecular formula is C11H11Br2F2NO2. The molecule has 1 rings (SSSR count). The second-order valence-electron chi connectivity index (χ2n) is 3.36. The van der Waals surface area contributed by atoms with Crippen molar-refractivity contribution in [3.63, 3.8) is 0 Å². The van der Waals surface area contributed by atoms with Gasteiger partial charge in [-0.05, 0) is 28.4 Å². The summed E-state index contributed by atoms with van der Waals surface area (Å²) in [5.74, 6) is -0.477. The molecule has 1 heterocycles. The van der Waals surface area contributed by atoms with Gasteiger partial charge < -0.3 is 4.74 Å². The first kappa shape index (κ1) is 15.5. The van der Waals surface area contributed by atoms with Crippen LogP contribution in [0, 0.1) is 0 Å². The van der Waals surface area contributed by atoms with Crippen molar-refractivity contribution in [2.24, 2.45) is 0 Å². The van der Waals surface area contributed by atoms with Crippen molar-refractivity contribution < 1.29 is 18.3 Å². The van der Waals surface area contributed by atoms with Gasteiger partial charge in [-0.15, -0.1) is 0 Å². The molecule has 0 radical (unpaired) electrons. The second kappa shape index (κ2) is 7.13. The highest BCUT2D eigenvalue weighted by atomic mass is 79.9. The Hall–Kier alpha value is -0.560. The molecule has 0 saturated heterocycles. The van der Waals surface area contributed by atoms with E-state index < -0.39 is 12.4 Å². The molecule has 0 N–H and O–H groups in total. The van der Waals surface area contributed by atoms with Gasteiger partial charge >= 0.3 is 5.97 Å². The van der Waals surface area contributed by atoms with Crippen LogP contribution in [0.1, 0.15) is 30.2 Å². The Labute approximate surface area is 120 Å². The number of carbonyl (C=O) groups is 1. The van der Waals surface area contributed by atoms with E-state index in [2.05, 4.69) is 36.8 Å². The molecule has 1 aromatic heterocycles. The lowest BCUT2D eigenvalue weighted by atomic mass is 10.1. The van der Waals surface area contributed by atoms with Crippen LogP contribution in [0.4, 0.5) is 8.78 Å². The van der Waals surface area contributed by atoms with Gasteiger partial charge in [0.2, 0.25) is 0 Å². The number of esters is 1. The third-order valence-electron chi connectivity index (χ3n) is 2.23. The van der Waals surface area contributed by atoms with E-state index in [0.29, 0.717) is 11.3 Å². The summed E-state index contributed by atoms with van der Waals surface area (Å²) in [6.45, 7) is 1.93. The molecular weight excluding hydrogens is 376 g/mol. The first-order valence-corrected chi connectivity index (χ1v) is 7.08. The van der Waals surface area contributed by atoms with E-state index >= 15 is 0 Å². The summed E-state index contributed by atoms with van der Waals surface area (Å²) in [6, 6.07) is 0. The summed E-state index contributed by atoms with van der Waals surface area (Å²) in [5, 5.41) is 0.202. The van der Waals surface area contributed by atoms with Crippen molar-refractivity contribution in [3.8, 4) is 0 Å². The van der Waals surface area contributed by atoms with Crippen molar-refractivity contribution in [2.75, 3.05) is 6.61 Å². The predicted molar refractivity (Wildman–Crippen MR) is 69.9 cm³/mol. The van der Waals surface area contributed by atoms with Crippen molar-refractivity contribution in [1.29, 1.82) is 0 Å². The number of hydrogen-bond acceptors (Lipinski definition) is 3. The fraction of sp³-hybridized carbons (Fsp3) is 0.455. The van der Waals surface area contributed by atoms with Gasteiger partial charge in [-0.1, -0.05) is 15.9 Å². The van der Waals surface area contributed by atoms with Gasteiger partial charge in [0.1, 0.15) is 0 Å². The predicted octanol–water partition coefficient (Wildman–Crippen LogP) is 3.78. The number of rotatable bonds is 5. The first-order valence-electron chi connectivity index (χ1n) is 5.17. The SMILES string of the molecule is CCOC(=O)Cc1ncc(Br)c(C(F)F)c1CBr. The summed E-state index contributed by atoms with van der Waals surface area (Å²) in [6.07, 6.45) is -1.46. The average Bonchev–Trinajstić information content (AvgIpc) is 2.30. The van der Waals surface area contributed by atoms with E-state index in [4.69, 9.17) is 4.74 Å². The van der Waals surface area contributed by atoms with Crippen LogP contribution in [0.5, 0.6) is 0 Å². The maximum atomic E-state index is 12.9. The maximum absolute atomic E-state index is 12.9. The van der Waals surface area contributed by atoms with E-state index in [1.807, 2.05) is 0 Å². The number of halogens is 4. The number of hydrogen-bond donors (Lipinski definition) is 0. The van der Waals surface area contributed by atoms with Gasteiger partial charge in [-0.3, -0.25) is 9.78 Å². The number of ether oxygens (including phenoxy) is 1. The molecule has 0 aliphatic carbocycles. The molecule has 7 heteroatoms. The molecule has 0 atom stereocenters. The molecule has 0 unspecified atom stereocenters. The zero-order valence-corrected chi connectivity index (χ0v) is 12.7. The van der Waals surface area contributed by atoms with E-state index in [-0.39, 0.29) is 28.4 Å². The lowest BCUT2D eigenvalue weighted by Gasteiger charge is -2.13. The second-order valence-corrected chi connectivity index (χ2v) is 4.78. The third kappa shape index (κ3) is 3.71. The molecule has 0 fully saturated rings. The van der Waals surface area contributed by atoms with Gasteiger partial charge in [0.05, 0.1) is 18.7 Å². The fourth-order valence-corrected chi connectivity index (χ4v) is 2.61. The summed E-state index contributed by atoms with van der Waals surface area (Å²) < 4.78 is 30.9. The Morgan fingerprint density at radius 2 is 2.22 bits per heavy atom. The highest BCUT2D eigenvalue weighted by Crippen LogP contribution is 2.33. The van der Waals surface area contributed by atoms with Gasteiger partial charge in [0.25, 0.3) is 6.43 Å². The van der Waals surface area contributed by atoms with Gasteiger partial charge in [-0.2, -0.15) is 0 Å². The lowest BCUT2D eigenvalue weighted by molar-refractivity contribution is -0.142. The Morgan fingerprint density at radius 3 is 2.72 bits per heavy atom. The van der Waals surface area contributed by atoms with Crippen LogP contribution in [0.3, 0.4) is 0 Å².